The summed E-state index contributed by atoms with van der Waals surface area (Å²) in [5.41, 5.74) is 2.22. The molecule has 2 nitrogen and oxygen atoms in total. The molecule has 0 bridgehead atoms. The van der Waals surface area contributed by atoms with Crippen LogP contribution < -0.4 is 10.1 Å². The van der Waals surface area contributed by atoms with Crippen molar-refractivity contribution >= 4 is 48.3 Å². The molecule has 0 fully saturated rings. The Hall–Kier alpha value is -1.52. The zero-order chi connectivity index (χ0) is 15.5. The van der Waals surface area contributed by atoms with E-state index in [4.69, 9.17) is 4.74 Å². The second kappa shape index (κ2) is 6.71. The highest BCUT2D eigenvalue weighted by Gasteiger charge is 2.09. The number of hydrogen-bond donors (Lipinski definition) is 1. The highest BCUT2D eigenvalue weighted by molar-refractivity contribution is 9.11. The van der Waals surface area contributed by atoms with E-state index < -0.39 is 0 Å². The van der Waals surface area contributed by atoms with Crippen molar-refractivity contribution < 1.29 is 4.74 Å². The summed E-state index contributed by atoms with van der Waals surface area (Å²) in [4.78, 5) is 0. The molecule has 0 spiro atoms. The lowest BCUT2D eigenvalue weighted by Gasteiger charge is -2.14. The molecule has 0 unspecified atom stereocenters. The Bertz CT molecular complexity index is 812. The number of nitrogens with one attached hydrogen (secondary N) is 1. The van der Waals surface area contributed by atoms with Crippen molar-refractivity contribution in [1.82, 2.24) is 0 Å². The molecule has 3 rings (SSSR count). The van der Waals surface area contributed by atoms with E-state index in [2.05, 4.69) is 85.7 Å². The van der Waals surface area contributed by atoms with E-state index in [9.17, 15) is 0 Å². The zero-order valence-corrected chi connectivity index (χ0v) is 15.2. The predicted molar refractivity (Wildman–Crippen MR) is 99.7 cm³/mol. The van der Waals surface area contributed by atoms with E-state index in [1.165, 1.54) is 10.8 Å². The zero-order valence-electron chi connectivity index (χ0n) is 12.1. The third-order valence-corrected chi connectivity index (χ3v) is 4.60. The van der Waals surface area contributed by atoms with Crippen molar-refractivity contribution in [2.24, 2.45) is 0 Å². The quantitative estimate of drug-likeness (QED) is 0.559. The van der Waals surface area contributed by atoms with Gasteiger partial charge in [0.1, 0.15) is 5.75 Å². The van der Waals surface area contributed by atoms with Crippen LogP contribution in [0.15, 0.2) is 63.5 Å². The van der Waals surface area contributed by atoms with Crippen LogP contribution in [0.3, 0.4) is 0 Å². The van der Waals surface area contributed by atoms with Gasteiger partial charge in [0.15, 0.2) is 0 Å². The van der Waals surface area contributed by atoms with E-state index in [1.807, 2.05) is 6.07 Å². The van der Waals surface area contributed by atoms with E-state index in [1.54, 1.807) is 7.11 Å². The van der Waals surface area contributed by atoms with Gasteiger partial charge >= 0.3 is 0 Å². The smallest absolute Gasteiger partial charge is 0.138 e. The van der Waals surface area contributed by atoms with Crippen LogP contribution in [0.25, 0.3) is 10.8 Å². The van der Waals surface area contributed by atoms with Crippen molar-refractivity contribution in [3.63, 3.8) is 0 Å². The highest BCUT2D eigenvalue weighted by atomic mass is 79.9. The molecule has 0 aliphatic heterocycles. The molecule has 0 atom stereocenters. The molecule has 0 heterocycles. The fourth-order valence-corrected chi connectivity index (χ4v) is 4.02. The number of halogens is 2. The van der Waals surface area contributed by atoms with Crippen LogP contribution in [0.4, 0.5) is 5.69 Å². The first-order chi connectivity index (χ1) is 10.7. The molecule has 0 saturated heterocycles. The standard InChI is InChI=1S/C18H15Br2NO/c1-22-18-13(9-14(19)10-16(18)20)11-21-17-8-4-6-12-5-2-3-7-15(12)17/h2-10,21H,11H2,1H3. The first-order valence-corrected chi connectivity index (χ1v) is 8.51. The molecule has 0 aromatic heterocycles. The summed E-state index contributed by atoms with van der Waals surface area (Å²) >= 11 is 7.07. The minimum absolute atomic E-state index is 0.690. The first-order valence-electron chi connectivity index (χ1n) is 6.92. The largest absolute Gasteiger partial charge is 0.495 e. The summed E-state index contributed by atoms with van der Waals surface area (Å²) in [5, 5.41) is 5.96. The topological polar surface area (TPSA) is 21.3 Å². The second-order valence-corrected chi connectivity index (χ2v) is 6.73. The monoisotopic (exact) mass is 419 g/mol. The SMILES string of the molecule is COc1c(Br)cc(Br)cc1CNc1cccc2ccccc12. The lowest BCUT2D eigenvalue weighted by molar-refractivity contribution is 0.407. The van der Waals surface area contributed by atoms with Crippen LogP contribution in [0.1, 0.15) is 5.56 Å². The summed E-state index contributed by atoms with van der Waals surface area (Å²) in [5.74, 6) is 0.857. The van der Waals surface area contributed by atoms with Crippen LogP contribution in [0, 0.1) is 0 Å². The summed E-state index contributed by atoms with van der Waals surface area (Å²) in [6.07, 6.45) is 0. The normalized spacial score (nSPS) is 10.7. The third kappa shape index (κ3) is 3.13. The number of methoxy groups -OCH3 is 1. The van der Waals surface area contributed by atoms with Crippen LogP contribution in [-0.2, 0) is 6.54 Å². The van der Waals surface area contributed by atoms with Gasteiger partial charge in [-0.1, -0.05) is 52.3 Å². The molecule has 0 amide bonds. The van der Waals surface area contributed by atoms with Gasteiger partial charge in [-0.3, -0.25) is 0 Å². The van der Waals surface area contributed by atoms with Gasteiger partial charge in [-0.15, -0.1) is 0 Å². The maximum atomic E-state index is 5.50. The van der Waals surface area contributed by atoms with Gasteiger partial charge in [-0.05, 0) is 39.5 Å². The number of ether oxygens (including phenoxy) is 1. The van der Waals surface area contributed by atoms with Crippen LogP contribution in [0.5, 0.6) is 5.75 Å². The first kappa shape index (κ1) is 15.4. The van der Waals surface area contributed by atoms with Gasteiger partial charge in [-0.2, -0.15) is 0 Å². The van der Waals surface area contributed by atoms with E-state index in [0.717, 1.165) is 25.9 Å². The predicted octanol–water partition coefficient (Wildman–Crippen LogP) is 5.99. The molecule has 0 radical (unpaired) electrons. The lowest BCUT2D eigenvalue weighted by atomic mass is 10.1. The number of anilines is 1. The number of fused-ring (bicyclic) bond motifs is 1. The highest BCUT2D eigenvalue weighted by Crippen LogP contribution is 2.33. The summed E-state index contributed by atoms with van der Waals surface area (Å²) in [7, 11) is 1.69. The minimum atomic E-state index is 0.690. The fraction of sp³-hybridized carbons (Fsp3) is 0.111. The van der Waals surface area contributed by atoms with Gasteiger partial charge in [0.2, 0.25) is 0 Å². The van der Waals surface area contributed by atoms with E-state index >= 15 is 0 Å². The Kier molecular flexibility index (Phi) is 4.69. The van der Waals surface area contributed by atoms with Crippen LogP contribution in [0.2, 0.25) is 0 Å². The van der Waals surface area contributed by atoms with Crippen molar-refractivity contribution in [3.8, 4) is 5.75 Å². The molecule has 112 valence electrons. The second-order valence-electron chi connectivity index (χ2n) is 4.96. The van der Waals surface area contributed by atoms with Crippen LogP contribution in [-0.4, -0.2) is 7.11 Å². The molecular formula is C18H15Br2NO. The third-order valence-electron chi connectivity index (χ3n) is 3.55. The molecule has 0 aliphatic carbocycles. The van der Waals surface area contributed by atoms with E-state index in [0.29, 0.717) is 6.54 Å². The van der Waals surface area contributed by atoms with Crippen molar-refractivity contribution in [2.45, 2.75) is 6.54 Å². The van der Waals surface area contributed by atoms with E-state index in [-0.39, 0.29) is 0 Å². The minimum Gasteiger partial charge on any atom is -0.495 e. The molecule has 3 aromatic carbocycles. The van der Waals surface area contributed by atoms with Gasteiger partial charge in [0, 0.05) is 27.7 Å². The maximum Gasteiger partial charge on any atom is 0.138 e. The summed E-state index contributed by atoms with van der Waals surface area (Å²) < 4.78 is 7.47. The summed E-state index contributed by atoms with van der Waals surface area (Å²) in [6.45, 7) is 0.690. The van der Waals surface area contributed by atoms with Crippen molar-refractivity contribution in [3.05, 3.63) is 69.1 Å². The summed E-state index contributed by atoms with van der Waals surface area (Å²) in [6, 6.07) is 18.7. The van der Waals surface area contributed by atoms with Gasteiger partial charge in [0.05, 0.1) is 11.6 Å². The molecule has 4 heteroatoms. The van der Waals surface area contributed by atoms with Crippen molar-refractivity contribution in [2.75, 3.05) is 12.4 Å². The number of rotatable bonds is 4. The maximum absolute atomic E-state index is 5.50. The molecule has 3 aromatic rings. The van der Waals surface area contributed by atoms with Gasteiger partial charge in [0.25, 0.3) is 0 Å². The van der Waals surface area contributed by atoms with Crippen LogP contribution >= 0.6 is 31.9 Å². The molecular weight excluding hydrogens is 406 g/mol. The Morgan fingerprint density at radius 3 is 2.59 bits per heavy atom. The fourth-order valence-electron chi connectivity index (χ4n) is 2.54. The molecule has 0 aliphatic rings. The Morgan fingerprint density at radius 1 is 1.00 bits per heavy atom. The Balaban J connectivity index is 1.92. The molecule has 0 saturated carbocycles. The molecule has 22 heavy (non-hydrogen) atoms. The Labute approximate surface area is 146 Å². The number of hydrogen-bond acceptors (Lipinski definition) is 2. The Morgan fingerprint density at radius 2 is 1.77 bits per heavy atom. The van der Waals surface area contributed by atoms with Gasteiger partial charge in [-0.25, -0.2) is 0 Å². The van der Waals surface area contributed by atoms with Gasteiger partial charge < -0.3 is 10.1 Å². The average Bonchev–Trinajstić information content (AvgIpc) is 2.52. The van der Waals surface area contributed by atoms with Crippen molar-refractivity contribution in [1.29, 1.82) is 0 Å². The lowest BCUT2D eigenvalue weighted by Crippen LogP contribution is -2.03. The average molecular weight is 421 g/mol. The molecule has 1 N–H and O–H groups in total. The number of benzene rings is 3.